The predicted molar refractivity (Wildman–Crippen MR) is 104 cm³/mol. The van der Waals surface area contributed by atoms with Gasteiger partial charge in [0.1, 0.15) is 11.4 Å². The number of carbonyl (C=O) groups excluding carboxylic acids is 2. The first-order valence-electron chi connectivity index (χ1n) is 11.7. The summed E-state index contributed by atoms with van der Waals surface area (Å²) >= 11 is 0. The van der Waals surface area contributed by atoms with Crippen LogP contribution >= 0.6 is 0 Å². The third-order valence-electron chi connectivity index (χ3n) is 10.5. The van der Waals surface area contributed by atoms with Crippen LogP contribution < -0.4 is 0 Å². The highest BCUT2D eigenvalue weighted by Crippen LogP contribution is 2.80. The summed E-state index contributed by atoms with van der Waals surface area (Å²) in [5.41, 5.74) is 3.55. The SMILES string of the molecule is CC[C@]12CCC3C4=C(CC(=O)CC4)C4(CC4)CC3C1C1CC1[C@@]21C=CC(=O)O1. The molecular formula is C25H30O3. The van der Waals surface area contributed by atoms with Crippen LogP contribution in [0.25, 0.3) is 0 Å². The monoisotopic (exact) mass is 378 g/mol. The Morgan fingerprint density at radius 3 is 2.71 bits per heavy atom. The molecule has 0 aromatic heterocycles. The summed E-state index contributed by atoms with van der Waals surface area (Å²) in [6.07, 6.45) is 15.2. The Kier molecular flexibility index (Phi) is 2.84. The van der Waals surface area contributed by atoms with E-state index in [-0.39, 0.29) is 17.0 Å². The lowest BCUT2D eigenvalue weighted by Crippen LogP contribution is -2.56. The van der Waals surface area contributed by atoms with Crippen LogP contribution in [0.4, 0.5) is 0 Å². The number of allylic oxidation sites excluding steroid dienone is 2. The zero-order valence-corrected chi connectivity index (χ0v) is 16.8. The van der Waals surface area contributed by atoms with E-state index in [0.29, 0.717) is 29.0 Å². The second-order valence-corrected chi connectivity index (χ2v) is 11.1. The maximum Gasteiger partial charge on any atom is 0.331 e. The first-order chi connectivity index (χ1) is 13.5. The van der Waals surface area contributed by atoms with Crippen LogP contribution in [-0.2, 0) is 14.3 Å². The van der Waals surface area contributed by atoms with Crippen molar-refractivity contribution in [3.05, 3.63) is 23.3 Å². The number of Topliss-reactive ketones (excluding diaryl/α,β-unsaturated/α-hetero) is 1. The Hall–Kier alpha value is -1.38. The van der Waals surface area contributed by atoms with Crippen molar-refractivity contribution >= 4 is 11.8 Å². The van der Waals surface area contributed by atoms with Gasteiger partial charge in [-0.2, -0.15) is 0 Å². The lowest BCUT2D eigenvalue weighted by molar-refractivity contribution is -0.170. The Balaban J connectivity index is 1.34. The van der Waals surface area contributed by atoms with E-state index in [1.165, 1.54) is 38.5 Å². The van der Waals surface area contributed by atoms with Gasteiger partial charge < -0.3 is 4.74 Å². The van der Waals surface area contributed by atoms with Gasteiger partial charge in [-0.3, -0.25) is 4.79 Å². The highest BCUT2D eigenvalue weighted by Gasteiger charge is 2.79. The number of ether oxygens (including phenoxy) is 1. The number of esters is 1. The minimum Gasteiger partial charge on any atom is -0.451 e. The van der Waals surface area contributed by atoms with E-state index in [1.807, 2.05) is 0 Å². The zero-order chi connectivity index (χ0) is 18.9. The Bertz CT molecular complexity index is 876. The maximum atomic E-state index is 12.2. The molecule has 0 amide bonds. The van der Waals surface area contributed by atoms with Crippen LogP contribution in [0.3, 0.4) is 0 Å². The van der Waals surface area contributed by atoms with Crippen LogP contribution in [0.5, 0.6) is 0 Å². The van der Waals surface area contributed by atoms with Crippen LogP contribution in [0.15, 0.2) is 23.3 Å². The van der Waals surface area contributed by atoms with E-state index in [1.54, 1.807) is 17.2 Å². The Morgan fingerprint density at radius 1 is 1.14 bits per heavy atom. The van der Waals surface area contributed by atoms with Crippen molar-refractivity contribution < 1.29 is 14.3 Å². The first-order valence-corrected chi connectivity index (χ1v) is 11.7. The van der Waals surface area contributed by atoms with Gasteiger partial charge in [0.15, 0.2) is 0 Å². The standard InChI is InChI=1S/C25H30O3/c1-2-24-7-5-15-16-4-3-14(26)11-19(16)23(9-10-23)13-18(15)22(24)17-12-20(17)25(24)8-6-21(27)28-25/h6,8,15,17-18,20,22H,2-5,7,9-13H2,1H3/t15?,17?,18?,20?,22?,24-,25-/m0/s1. The summed E-state index contributed by atoms with van der Waals surface area (Å²) in [4.78, 5) is 24.4. The number of ketones is 1. The average molecular weight is 379 g/mol. The molecule has 5 unspecified atom stereocenters. The molecule has 0 N–H and O–H groups in total. The van der Waals surface area contributed by atoms with Gasteiger partial charge in [-0.05, 0) is 86.5 Å². The third kappa shape index (κ3) is 1.67. The normalized spacial score (nSPS) is 51.7. The minimum atomic E-state index is -0.299. The zero-order valence-electron chi connectivity index (χ0n) is 16.8. The van der Waals surface area contributed by atoms with E-state index < -0.39 is 0 Å². The molecule has 0 aromatic rings. The van der Waals surface area contributed by atoms with Crippen LogP contribution in [-0.4, -0.2) is 17.4 Å². The molecule has 6 aliphatic carbocycles. The summed E-state index contributed by atoms with van der Waals surface area (Å²) in [6, 6.07) is 0. The molecule has 4 saturated carbocycles. The Labute approximate surface area is 167 Å². The van der Waals surface area contributed by atoms with Gasteiger partial charge in [-0.1, -0.05) is 18.1 Å². The van der Waals surface area contributed by atoms with Gasteiger partial charge in [0, 0.05) is 30.3 Å². The molecule has 148 valence electrons. The summed E-state index contributed by atoms with van der Waals surface area (Å²) in [5, 5.41) is 0. The topological polar surface area (TPSA) is 43.4 Å². The highest BCUT2D eigenvalue weighted by atomic mass is 16.6. The van der Waals surface area contributed by atoms with Gasteiger partial charge >= 0.3 is 5.97 Å². The molecule has 28 heavy (non-hydrogen) atoms. The molecule has 3 heteroatoms. The molecule has 7 rings (SSSR count). The summed E-state index contributed by atoms with van der Waals surface area (Å²) < 4.78 is 6.19. The number of hydrogen-bond acceptors (Lipinski definition) is 3. The van der Waals surface area contributed by atoms with Gasteiger partial charge in [0.05, 0.1) is 0 Å². The molecule has 7 aliphatic rings. The molecule has 0 aromatic carbocycles. The number of carbonyl (C=O) groups is 2. The summed E-state index contributed by atoms with van der Waals surface area (Å²) in [5.74, 6) is 3.86. The summed E-state index contributed by atoms with van der Waals surface area (Å²) in [6.45, 7) is 2.35. The minimum absolute atomic E-state index is 0.112. The second kappa shape index (κ2) is 4.84. The van der Waals surface area contributed by atoms with E-state index >= 15 is 0 Å². The lowest BCUT2D eigenvalue weighted by Gasteiger charge is -2.58. The van der Waals surface area contributed by atoms with Crippen molar-refractivity contribution in [3.8, 4) is 0 Å². The van der Waals surface area contributed by atoms with Gasteiger partial charge in [-0.25, -0.2) is 4.79 Å². The molecular weight excluding hydrogens is 348 g/mol. The number of fused-ring (bicyclic) bond motifs is 9. The molecule has 4 fully saturated rings. The largest absolute Gasteiger partial charge is 0.451 e. The molecule has 7 atom stereocenters. The third-order valence-corrected chi connectivity index (χ3v) is 10.5. The van der Waals surface area contributed by atoms with Crippen LogP contribution in [0.1, 0.15) is 71.1 Å². The van der Waals surface area contributed by atoms with Crippen molar-refractivity contribution in [3.63, 3.8) is 0 Å². The predicted octanol–water partition coefficient (Wildman–Crippen LogP) is 4.76. The van der Waals surface area contributed by atoms with Crippen molar-refractivity contribution in [1.82, 2.24) is 0 Å². The van der Waals surface area contributed by atoms with Gasteiger partial charge in [-0.15, -0.1) is 0 Å². The molecule has 3 nitrogen and oxygen atoms in total. The Morgan fingerprint density at radius 2 is 2.00 bits per heavy atom. The van der Waals surface area contributed by atoms with E-state index in [0.717, 1.165) is 37.5 Å². The van der Waals surface area contributed by atoms with E-state index in [4.69, 9.17) is 4.74 Å². The smallest absolute Gasteiger partial charge is 0.331 e. The van der Waals surface area contributed by atoms with Crippen molar-refractivity contribution in [2.45, 2.75) is 76.7 Å². The fourth-order valence-electron chi connectivity index (χ4n) is 9.39. The molecule has 0 bridgehead atoms. The quantitative estimate of drug-likeness (QED) is 0.488. The summed E-state index contributed by atoms with van der Waals surface area (Å²) in [7, 11) is 0. The molecule has 0 saturated heterocycles. The molecule has 2 spiro atoms. The van der Waals surface area contributed by atoms with Crippen molar-refractivity contribution in [2.75, 3.05) is 0 Å². The lowest BCUT2D eigenvalue weighted by atomic mass is 9.48. The van der Waals surface area contributed by atoms with Gasteiger partial charge in [0.2, 0.25) is 0 Å². The first kappa shape index (κ1) is 16.4. The molecule has 1 heterocycles. The average Bonchev–Trinajstić information content (AvgIpc) is 3.60. The highest BCUT2D eigenvalue weighted by molar-refractivity contribution is 5.86. The van der Waals surface area contributed by atoms with Crippen molar-refractivity contribution in [2.24, 2.45) is 40.4 Å². The number of hydrogen-bond donors (Lipinski definition) is 0. The van der Waals surface area contributed by atoms with Gasteiger partial charge in [0.25, 0.3) is 0 Å². The van der Waals surface area contributed by atoms with E-state index in [9.17, 15) is 9.59 Å². The number of rotatable bonds is 1. The maximum absolute atomic E-state index is 12.2. The van der Waals surface area contributed by atoms with Crippen molar-refractivity contribution in [1.29, 1.82) is 0 Å². The molecule has 0 radical (unpaired) electrons. The van der Waals surface area contributed by atoms with E-state index in [2.05, 4.69) is 13.0 Å². The second-order valence-electron chi connectivity index (χ2n) is 11.1. The molecule has 1 aliphatic heterocycles. The fourth-order valence-corrected chi connectivity index (χ4v) is 9.39. The van der Waals surface area contributed by atoms with Crippen LogP contribution in [0, 0.1) is 40.4 Å². The van der Waals surface area contributed by atoms with Crippen LogP contribution in [0.2, 0.25) is 0 Å². The fraction of sp³-hybridized carbons (Fsp3) is 0.760.